The molecule has 1 spiro atoms. The summed E-state index contributed by atoms with van der Waals surface area (Å²) in [6.45, 7) is 21.5. The van der Waals surface area contributed by atoms with Crippen molar-refractivity contribution < 1.29 is 53.8 Å². The van der Waals surface area contributed by atoms with Gasteiger partial charge in [-0.25, -0.2) is 4.99 Å². The molecule has 0 radical (unpaired) electrons. The fraction of sp³-hybridized carbons (Fsp3) is 0.567. The van der Waals surface area contributed by atoms with Crippen molar-refractivity contribution in [2.45, 2.75) is 144 Å². The molecule has 16 heteroatoms. The maximum absolute atomic E-state index is 15.0. The first kappa shape index (κ1) is 56.1. The predicted octanol–water partition coefficient (Wildman–Crippen LogP) is 7.61. The van der Waals surface area contributed by atoms with Gasteiger partial charge in [0.15, 0.2) is 5.75 Å². The van der Waals surface area contributed by atoms with Crippen LogP contribution in [-0.4, -0.2) is 116 Å². The molecule has 16 nitrogen and oxygen atoms in total. The third-order valence-electron chi connectivity index (χ3n) is 16.9. The van der Waals surface area contributed by atoms with Crippen molar-refractivity contribution in [1.29, 1.82) is 0 Å². The lowest BCUT2D eigenvalue weighted by atomic mass is 9.76. The summed E-state index contributed by atoms with van der Waals surface area (Å²) in [5, 5.41) is 51.7. The SMILES string of the molecule is CC[C@H]1/C=C/O[C@@]2(C)Oc3c(C)c(O)c4c(O)c(c5c(c4c3C2=O)NC2(CCN(CC(C)C)CC2)N=5)=NC(=O)/C(C)=C\C=C\[C@H](C)[C@H](O)[C@@H](C)[C@@H](O)[C@@H](C)[C@H](OC(=O)CC(=O)N2CCC(Cc3ccccc3)CC2)[C@@H]1C. The largest absolute Gasteiger partial charge is 0.507 e. The van der Waals surface area contributed by atoms with E-state index in [-0.39, 0.29) is 61.5 Å². The highest BCUT2D eigenvalue weighted by molar-refractivity contribution is 6.21. The van der Waals surface area contributed by atoms with Gasteiger partial charge in [-0.05, 0) is 74.8 Å². The lowest BCUT2D eigenvalue weighted by molar-refractivity contribution is -0.164. The molecule has 6 aliphatic rings. The van der Waals surface area contributed by atoms with Gasteiger partial charge in [-0.2, -0.15) is 0 Å². The Morgan fingerprint density at radius 3 is 2.24 bits per heavy atom. The second-order valence-electron chi connectivity index (χ2n) is 22.9. The maximum atomic E-state index is 15.0. The Morgan fingerprint density at radius 1 is 0.895 bits per heavy atom. The molecule has 3 aromatic carbocycles. The van der Waals surface area contributed by atoms with Crippen LogP contribution >= 0.6 is 0 Å². The number of rotatable bonds is 8. The quantitative estimate of drug-likeness (QED) is 0.0834. The molecule has 410 valence electrons. The number of likely N-dealkylation sites (tertiary alicyclic amines) is 2. The van der Waals surface area contributed by atoms with Crippen LogP contribution in [0.1, 0.15) is 122 Å². The van der Waals surface area contributed by atoms with E-state index in [4.69, 9.17) is 19.2 Å². The number of aliphatic hydroxyl groups excluding tert-OH is 2. The van der Waals surface area contributed by atoms with Crippen LogP contribution in [0.15, 0.2) is 76.5 Å². The summed E-state index contributed by atoms with van der Waals surface area (Å²) in [5.41, 5.74) is 1.13. The smallest absolute Gasteiger partial charge is 0.315 e. The van der Waals surface area contributed by atoms with Crippen molar-refractivity contribution in [2.75, 3.05) is 38.0 Å². The number of phenols is 2. The number of fused-ring (bicyclic) bond motifs is 13. The molecule has 9 rings (SSSR count). The van der Waals surface area contributed by atoms with Gasteiger partial charge in [-0.15, -0.1) is 0 Å². The highest BCUT2D eigenvalue weighted by Crippen LogP contribution is 2.51. The standard InChI is InChI=1S/C60H79N5O11/c1-11-42-22-29-74-59(10)57(72)47-45-46(53(70)39(9)56(47)76-59)54(71)50(49-48(45)62-60(63-49)23-27-64(28-24-60)32-33(2)3)61-58(73)35(5)17-15-16-34(4)51(68)37(7)52(69)38(8)55(36(42)6)75-44(67)31-43(66)65-25-20-41(21-26-65)30-40-18-13-12-14-19-40/h12-19,22,29,33-34,36-38,41-42,51-52,55,62,68-71H,11,20-21,23-28,30-32H2,1-10H3/b16-15+,29-22+,35-17-,61-50?/t34-,36+,37+,38+,42-,51-,52+,55+,59-/m0/s1. The van der Waals surface area contributed by atoms with Gasteiger partial charge in [0.1, 0.15) is 40.4 Å². The summed E-state index contributed by atoms with van der Waals surface area (Å²) in [7, 11) is 0. The maximum Gasteiger partial charge on any atom is 0.315 e. The number of ketones is 1. The first-order chi connectivity index (χ1) is 36.1. The van der Waals surface area contributed by atoms with E-state index in [1.165, 1.54) is 18.7 Å². The molecule has 0 unspecified atom stereocenters. The average molecular weight is 1050 g/mol. The Hall–Kier alpha value is -6.10. The van der Waals surface area contributed by atoms with E-state index in [0.717, 1.165) is 25.8 Å². The Labute approximate surface area is 446 Å². The van der Waals surface area contributed by atoms with Crippen LogP contribution in [0.25, 0.3) is 10.8 Å². The number of hydrogen-bond donors (Lipinski definition) is 5. The topological polar surface area (TPSA) is 220 Å². The van der Waals surface area contributed by atoms with Crippen LogP contribution < -0.4 is 20.8 Å². The Morgan fingerprint density at radius 2 is 1.58 bits per heavy atom. The number of ether oxygens (including phenoxy) is 3. The van der Waals surface area contributed by atoms with Gasteiger partial charge in [0.25, 0.3) is 11.7 Å². The number of nitrogens with zero attached hydrogens (tertiary/aromatic N) is 4. The molecule has 9 atom stereocenters. The van der Waals surface area contributed by atoms with Gasteiger partial charge >= 0.3 is 11.8 Å². The highest BCUT2D eigenvalue weighted by atomic mass is 16.7. The van der Waals surface area contributed by atoms with Crippen LogP contribution in [0, 0.1) is 48.3 Å². The monoisotopic (exact) mass is 1050 g/mol. The minimum atomic E-state index is -1.96. The van der Waals surface area contributed by atoms with E-state index >= 15 is 4.79 Å². The number of piperidine rings is 2. The highest BCUT2D eigenvalue weighted by Gasteiger charge is 2.51. The number of esters is 1. The number of aliphatic hydroxyl groups is 2. The third-order valence-corrected chi connectivity index (χ3v) is 16.9. The van der Waals surface area contributed by atoms with E-state index in [9.17, 15) is 34.8 Å². The van der Waals surface area contributed by atoms with Crippen molar-refractivity contribution in [3.05, 3.63) is 93.9 Å². The zero-order valence-electron chi connectivity index (χ0n) is 46.0. The second kappa shape index (κ2) is 22.9. The van der Waals surface area contributed by atoms with Gasteiger partial charge < -0.3 is 49.8 Å². The lowest BCUT2D eigenvalue weighted by Gasteiger charge is -2.38. The molecule has 76 heavy (non-hydrogen) atoms. The van der Waals surface area contributed by atoms with E-state index in [2.05, 4.69) is 41.2 Å². The molecule has 6 heterocycles. The molecule has 2 saturated heterocycles. The zero-order valence-corrected chi connectivity index (χ0v) is 46.0. The fourth-order valence-electron chi connectivity index (χ4n) is 12.1. The van der Waals surface area contributed by atoms with Crippen molar-refractivity contribution in [3.63, 3.8) is 0 Å². The summed E-state index contributed by atoms with van der Waals surface area (Å²) in [4.78, 5) is 70.4. The second-order valence-corrected chi connectivity index (χ2v) is 22.9. The van der Waals surface area contributed by atoms with Gasteiger partial charge in [0.05, 0.1) is 35.1 Å². The Balaban J connectivity index is 1.14. The number of amides is 2. The van der Waals surface area contributed by atoms with Crippen molar-refractivity contribution >= 4 is 40.0 Å². The van der Waals surface area contributed by atoms with Crippen LogP contribution in [0.5, 0.6) is 17.2 Å². The molecule has 2 amide bonds. The van der Waals surface area contributed by atoms with E-state index in [0.29, 0.717) is 63.0 Å². The van der Waals surface area contributed by atoms with E-state index in [1.54, 1.807) is 63.8 Å². The minimum absolute atomic E-state index is 0.0602. The molecule has 0 aromatic heterocycles. The number of carbonyl (C=O) groups excluding carboxylic acids is 4. The number of nitrogens with one attached hydrogen (secondary N) is 1. The van der Waals surface area contributed by atoms with Gasteiger partial charge in [0.2, 0.25) is 5.91 Å². The lowest BCUT2D eigenvalue weighted by Crippen LogP contribution is -2.47. The van der Waals surface area contributed by atoms with Gasteiger partial charge in [-0.3, -0.25) is 24.2 Å². The van der Waals surface area contributed by atoms with Crippen LogP contribution in [0.2, 0.25) is 0 Å². The number of benzene rings is 3. The summed E-state index contributed by atoms with van der Waals surface area (Å²) < 4.78 is 19.0. The molecule has 0 saturated carbocycles. The Bertz CT molecular complexity index is 2920. The van der Waals surface area contributed by atoms with Crippen molar-refractivity contribution in [1.82, 2.24) is 9.80 Å². The zero-order chi connectivity index (χ0) is 55.0. The van der Waals surface area contributed by atoms with Crippen LogP contribution in [0.4, 0.5) is 5.69 Å². The van der Waals surface area contributed by atoms with Crippen LogP contribution in [0.3, 0.4) is 0 Å². The number of Topliss-reactive ketones (excluding diaryl/α,β-unsaturated/α-hetero) is 1. The number of anilines is 1. The fourth-order valence-corrected chi connectivity index (χ4v) is 12.1. The molecule has 5 bridgehead atoms. The summed E-state index contributed by atoms with van der Waals surface area (Å²) >= 11 is 0. The molecule has 6 aliphatic heterocycles. The minimum Gasteiger partial charge on any atom is -0.507 e. The van der Waals surface area contributed by atoms with Crippen molar-refractivity contribution in [3.8, 4) is 17.2 Å². The molecule has 3 aromatic rings. The molecular formula is C60H79N5O11. The third kappa shape index (κ3) is 11.3. The van der Waals surface area contributed by atoms with Crippen molar-refractivity contribution in [2.24, 2.45) is 51.4 Å². The first-order valence-corrected chi connectivity index (χ1v) is 27.4. The molecule has 5 N–H and O–H groups in total. The predicted molar refractivity (Wildman–Crippen MR) is 289 cm³/mol. The number of hydrogen-bond acceptors (Lipinski definition) is 14. The summed E-state index contributed by atoms with van der Waals surface area (Å²) in [6, 6.07) is 10.3. The summed E-state index contributed by atoms with van der Waals surface area (Å²) in [6.07, 6.45) is 8.58. The average Bonchev–Trinajstić information content (AvgIpc) is 3.90. The Kier molecular flexibility index (Phi) is 16.9. The number of allylic oxidation sites excluding steroid dienone is 3. The molecular weight excluding hydrogens is 967 g/mol. The van der Waals surface area contributed by atoms with Gasteiger partial charge in [0, 0.05) is 86.8 Å². The van der Waals surface area contributed by atoms with E-state index < -0.39 is 83.3 Å². The first-order valence-electron chi connectivity index (χ1n) is 27.4. The number of carbonyl (C=O) groups is 4. The number of aromatic hydroxyl groups is 2. The number of phenolic OH excluding ortho intramolecular Hbond substituents is 2. The summed E-state index contributed by atoms with van der Waals surface area (Å²) in [5.74, 6) is -7.09. The normalized spacial score (nSPS) is 30.0. The molecule has 2 fully saturated rings. The van der Waals surface area contributed by atoms with E-state index in [1.807, 2.05) is 32.0 Å². The van der Waals surface area contributed by atoms with Gasteiger partial charge in [-0.1, -0.05) is 97.0 Å². The molecule has 0 aliphatic carbocycles. The van der Waals surface area contributed by atoms with Crippen LogP contribution in [-0.2, 0) is 30.3 Å².